The molecule has 2 heterocycles. The highest BCUT2D eigenvalue weighted by Crippen LogP contribution is 2.09. The van der Waals surface area contributed by atoms with Crippen LogP contribution >= 0.6 is 0 Å². The Morgan fingerprint density at radius 1 is 1.14 bits per heavy atom. The summed E-state index contributed by atoms with van der Waals surface area (Å²) in [6.07, 6.45) is 12.0. The van der Waals surface area contributed by atoms with Gasteiger partial charge in [0.05, 0.1) is 0 Å². The number of aromatic amines is 1. The molecule has 0 aliphatic rings. The van der Waals surface area contributed by atoms with Crippen LogP contribution in [-0.2, 0) is 0 Å². The quantitative estimate of drug-likeness (QED) is 0.660. The molecule has 0 amide bonds. The second-order valence-electron chi connectivity index (χ2n) is 5.43. The molecule has 0 aliphatic carbocycles. The lowest BCUT2D eigenvalue weighted by Gasteiger charge is -2.05. The molecule has 2 aromatic heterocycles. The minimum Gasteiger partial charge on any atom is -0.370 e. The average molecular weight is 291 g/mol. The molecule has 116 valence electrons. The third-order valence-corrected chi connectivity index (χ3v) is 3.65. The second-order valence-corrected chi connectivity index (χ2v) is 5.43. The Bertz CT molecular complexity index is 589. The Hall–Kier alpha value is -1.85. The Morgan fingerprint density at radius 2 is 1.86 bits per heavy atom. The highest BCUT2D eigenvalue weighted by Gasteiger charge is 2.01. The van der Waals surface area contributed by atoms with Gasteiger partial charge in [0, 0.05) is 12.6 Å². The summed E-state index contributed by atoms with van der Waals surface area (Å²) in [6, 6.07) is 1.78. The zero-order chi connectivity index (χ0) is 14.9. The van der Waals surface area contributed by atoms with Gasteiger partial charge in [-0.25, -0.2) is 19.3 Å². The average Bonchev–Trinajstić information content (AvgIpc) is 2.86. The van der Waals surface area contributed by atoms with Crippen molar-refractivity contribution in [2.45, 2.75) is 58.3 Å². The summed E-state index contributed by atoms with van der Waals surface area (Å²) in [5.74, 6) is 0.768. The van der Waals surface area contributed by atoms with Crippen molar-refractivity contribution < 1.29 is 0 Å². The lowest BCUT2D eigenvalue weighted by Crippen LogP contribution is -2.10. The highest BCUT2D eigenvalue weighted by molar-refractivity contribution is 5.48. The van der Waals surface area contributed by atoms with E-state index in [-0.39, 0.29) is 5.69 Å². The first kappa shape index (κ1) is 15.5. The number of H-pyrrole nitrogens is 1. The molecule has 0 saturated carbocycles. The molecule has 2 N–H and O–H groups in total. The van der Waals surface area contributed by atoms with Crippen LogP contribution in [0.3, 0.4) is 0 Å². The van der Waals surface area contributed by atoms with Crippen molar-refractivity contribution in [1.82, 2.24) is 19.6 Å². The van der Waals surface area contributed by atoms with E-state index in [0.29, 0.717) is 5.65 Å². The van der Waals surface area contributed by atoms with Crippen molar-refractivity contribution >= 4 is 11.5 Å². The first-order valence-corrected chi connectivity index (χ1v) is 7.98. The van der Waals surface area contributed by atoms with Crippen LogP contribution in [0.5, 0.6) is 0 Å². The van der Waals surface area contributed by atoms with E-state index in [1.807, 2.05) is 0 Å². The standard InChI is InChI=1S/C15H25N5O/c1-2-3-4-5-6-7-8-9-10-16-13-11-14-18-19-15(21)20(14)12-17-13/h11-12,16H,2-10H2,1H3,(H,19,21). The highest BCUT2D eigenvalue weighted by atomic mass is 16.1. The molecule has 0 aromatic carbocycles. The topological polar surface area (TPSA) is 75.1 Å². The second kappa shape index (κ2) is 8.44. The fourth-order valence-corrected chi connectivity index (χ4v) is 2.38. The molecular weight excluding hydrogens is 266 g/mol. The van der Waals surface area contributed by atoms with E-state index in [9.17, 15) is 4.79 Å². The smallest absolute Gasteiger partial charge is 0.348 e. The molecule has 0 spiro atoms. The van der Waals surface area contributed by atoms with Gasteiger partial charge in [0.15, 0.2) is 5.65 Å². The van der Waals surface area contributed by atoms with Crippen LogP contribution in [0.4, 0.5) is 5.82 Å². The molecule has 0 fully saturated rings. The van der Waals surface area contributed by atoms with Gasteiger partial charge in [-0.1, -0.05) is 51.9 Å². The number of anilines is 1. The first-order valence-electron chi connectivity index (χ1n) is 7.98. The predicted octanol–water partition coefficient (Wildman–Crippen LogP) is 2.97. The van der Waals surface area contributed by atoms with Gasteiger partial charge >= 0.3 is 5.69 Å². The van der Waals surface area contributed by atoms with Gasteiger partial charge in [-0.15, -0.1) is 0 Å². The SMILES string of the molecule is CCCCCCCCCCNc1cc2n[nH]c(=O)n2cn1. The van der Waals surface area contributed by atoms with Crippen molar-refractivity contribution in [2.75, 3.05) is 11.9 Å². The minimum absolute atomic E-state index is 0.257. The third-order valence-electron chi connectivity index (χ3n) is 3.65. The first-order chi connectivity index (χ1) is 10.3. The third kappa shape index (κ3) is 4.88. The van der Waals surface area contributed by atoms with Crippen LogP contribution < -0.4 is 11.0 Å². The number of hydrogen-bond donors (Lipinski definition) is 2. The van der Waals surface area contributed by atoms with E-state index >= 15 is 0 Å². The van der Waals surface area contributed by atoms with Gasteiger partial charge in [-0.2, -0.15) is 5.10 Å². The maximum Gasteiger partial charge on any atom is 0.348 e. The number of nitrogens with one attached hydrogen (secondary N) is 2. The molecule has 0 saturated heterocycles. The number of rotatable bonds is 10. The van der Waals surface area contributed by atoms with Crippen molar-refractivity contribution in [2.24, 2.45) is 0 Å². The van der Waals surface area contributed by atoms with Crippen LogP contribution in [0.25, 0.3) is 5.65 Å². The number of hydrogen-bond acceptors (Lipinski definition) is 4. The molecule has 2 rings (SSSR count). The van der Waals surface area contributed by atoms with Crippen molar-refractivity contribution in [3.05, 3.63) is 22.9 Å². The van der Waals surface area contributed by atoms with Gasteiger partial charge in [-0.05, 0) is 6.42 Å². The molecule has 0 atom stereocenters. The van der Waals surface area contributed by atoms with E-state index in [2.05, 4.69) is 27.4 Å². The fourth-order valence-electron chi connectivity index (χ4n) is 2.38. The molecule has 0 radical (unpaired) electrons. The van der Waals surface area contributed by atoms with Crippen LogP contribution in [0.1, 0.15) is 58.3 Å². The zero-order valence-corrected chi connectivity index (χ0v) is 12.8. The molecule has 21 heavy (non-hydrogen) atoms. The summed E-state index contributed by atoms with van der Waals surface area (Å²) >= 11 is 0. The Balaban J connectivity index is 1.60. The van der Waals surface area contributed by atoms with Crippen LogP contribution in [0, 0.1) is 0 Å². The summed E-state index contributed by atoms with van der Waals surface area (Å²) in [6.45, 7) is 3.16. The monoisotopic (exact) mass is 291 g/mol. The number of aromatic nitrogens is 4. The Morgan fingerprint density at radius 3 is 2.62 bits per heavy atom. The van der Waals surface area contributed by atoms with Gasteiger partial charge in [0.2, 0.25) is 0 Å². The van der Waals surface area contributed by atoms with Crippen molar-refractivity contribution in [1.29, 1.82) is 0 Å². The lowest BCUT2D eigenvalue weighted by molar-refractivity contribution is 0.581. The van der Waals surface area contributed by atoms with Crippen molar-refractivity contribution in [3.8, 4) is 0 Å². The molecule has 0 bridgehead atoms. The summed E-state index contributed by atoms with van der Waals surface area (Å²) in [7, 11) is 0. The fraction of sp³-hybridized carbons (Fsp3) is 0.667. The summed E-state index contributed by atoms with van der Waals surface area (Å²) in [4.78, 5) is 15.5. The van der Waals surface area contributed by atoms with E-state index < -0.39 is 0 Å². The summed E-state index contributed by atoms with van der Waals surface area (Å²) < 4.78 is 1.39. The number of nitrogens with zero attached hydrogens (tertiary/aromatic N) is 3. The maximum atomic E-state index is 11.3. The Kier molecular flexibility index (Phi) is 6.24. The molecule has 0 aliphatic heterocycles. The normalized spacial score (nSPS) is 11.1. The van der Waals surface area contributed by atoms with Gasteiger partial charge in [-0.3, -0.25) is 0 Å². The largest absolute Gasteiger partial charge is 0.370 e. The minimum atomic E-state index is -0.257. The maximum absolute atomic E-state index is 11.3. The van der Waals surface area contributed by atoms with E-state index in [0.717, 1.165) is 18.8 Å². The van der Waals surface area contributed by atoms with Crippen LogP contribution in [0.2, 0.25) is 0 Å². The number of unbranched alkanes of at least 4 members (excludes halogenated alkanes) is 7. The van der Waals surface area contributed by atoms with Gasteiger partial charge in [0.25, 0.3) is 0 Å². The van der Waals surface area contributed by atoms with Crippen LogP contribution in [0.15, 0.2) is 17.2 Å². The summed E-state index contributed by atoms with van der Waals surface area (Å²) in [5.41, 5.74) is 0.334. The predicted molar refractivity (Wildman–Crippen MR) is 84.7 cm³/mol. The summed E-state index contributed by atoms with van der Waals surface area (Å²) in [5, 5.41) is 9.59. The Labute approximate surface area is 125 Å². The zero-order valence-electron chi connectivity index (χ0n) is 12.8. The van der Waals surface area contributed by atoms with E-state index in [1.54, 1.807) is 6.07 Å². The van der Waals surface area contributed by atoms with Gasteiger partial charge in [0.1, 0.15) is 12.1 Å². The lowest BCUT2D eigenvalue weighted by atomic mass is 10.1. The molecule has 2 aromatic rings. The van der Waals surface area contributed by atoms with E-state index in [4.69, 9.17) is 0 Å². The van der Waals surface area contributed by atoms with Gasteiger partial charge < -0.3 is 5.32 Å². The number of fused-ring (bicyclic) bond motifs is 1. The molecule has 6 nitrogen and oxygen atoms in total. The molecule has 6 heteroatoms. The molecular formula is C15H25N5O. The van der Waals surface area contributed by atoms with Crippen LogP contribution in [-0.4, -0.2) is 26.1 Å². The molecule has 0 unspecified atom stereocenters. The van der Waals surface area contributed by atoms with E-state index in [1.165, 1.54) is 55.7 Å². The van der Waals surface area contributed by atoms with Crippen molar-refractivity contribution in [3.63, 3.8) is 0 Å².